The molecular formula is C7H7BrOS. The zero-order valence-electron chi connectivity index (χ0n) is 5.25. The van der Waals surface area contributed by atoms with Crippen LogP contribution >= 0.6 is 28.0 Å². The smallest absolute Gasteiger partial charge is 0.0446 e. The van der Waals surface area contributed by atoms with Gasteiger partial charge < -0.3 is 4.55 Å². The molecule has 1 N–H and O–H groups in total. The van der Waals surface area contributed by atoms with E-state index < -0.39 is 0 Å². The fourth-order valence-electron chi connectivity index (χ4n) is 0.655. The Bertz CT molecular complexity index is 197. The van der Waals surface area contributed by atoms with Gasteiger partial charge >= 0.3 is 0 Å². The molecule has 0 heterocycles. The van der Waals surface area contributed by atoms with E-state index in [-0.39, 0.29) is 0 Å². The van der Waals surface area contributed by atoms with Gasteiger partial charge in [0.25, 0.3) is 0 Å². The van der Waals surface area contributed by atoms with Crippen LogP contribution in [0, 0.1) is 0 Å². The van der Waals surface area contributed by atoms with Gasteiger partial charge in [0.2, 0.25) is 0 Å². The van der Waals surface area contributed by atoms with E-state index in [4.69, 9.17) is 4.55 Å². The minimum absolute atomic E-state index is 0.660. The van der Waals surface area contributed by atoms with Gasteiger partial charge in [0.1, 0.15) is 0 Å². The van der Waals surface area contributed by atoms with Crippen molar-refractivity contribution in [3.05, 3.63) is 34.3 Å². The summed E-state index contributed by atoms with van der Waals surface area (Å²) in [7, 11) is 0. The van der Waals surface area contributed by atoms with Crippen LogP contribution in [0.3, 0.4) is 0 Å². The molecule has 0 amide bonds. The van der Waals surface area contributed by atoms with Crippen LogP contribution in [-0.4, -0.2) is 4.55 Å². The molecule has 0 aliphatic carbocycles. The van der Waals surface area contributed by atoms with Crippen molar-refractivity contribution >= 4 is 28.0 Å². The summed E-state index contributed by atoms with van der Waals surface area (Å²) in [6.07, 6.45) is 0. The molecule has 0 aliphatic rings. The predicted molar refractivity (Wildman–Crippen MR) is 48.1 cm³/mol. The lowest BCUT2D eigenvalue weighted by Gasteiger charge is -1.95. The normalized spacial score (nSPS) is 9.80. The lowest BCUT2D eigenvalue weighted by Crippen LogP contribution is -1.76. The summed E-state index contributed by atoms with van der Waals surface area (Å²) in [5, 5.41) is 0. The van der Waals surface area contributed by atoms with Crippen LogP contribution in [0.1, 0.15) is 5.56 Å². The average Bonchev–Trinajstić information content (AvgIpc) is 1.95. The standard InChI is InChI=1S/C7H7BrOS/c8-7-3-1-6(2-4-7)5-10-9/h1-4,9H,5H2. The molecule has 0 unspecified atom stereocenters. The highest BCUT2D eigenvalue weighted by Crippen LogP contribution is 2.13. The predicted octanol–water partition coefficient (Wildman–Crippen LogP) is 3.16. The van der Waals surface area contributed by atoms with Crippen LogP contribution in [0.4, 0.5) is 0 Å². The second-order valence-corrected chi connectivity index (χ2v) is 3.36. The molecule has 0 saturated carbocycles. The minimum atomic E-state index is 0.660. The summed E-state index contributed by atoms with van der Waals surface area (Å²) in [6.45, 7) is 0. The number of benzene rings is 1. The summed E-state index contributed by atoms with van der Waals surface area (Å²) >= 11 is 4.17. The molecule has 1 nitrogen and oxygen atoms in total. The Morgan fingerprint density at radius 2 is 1.90 bits per heavy atom. The number of rotatable bonds is 2. The van der Waals surface area contributed by atoms with Crippen molar-refractivity contribution in [2.75, 3.05) is 0 Å². The van der Waals surface area contributed by atoms with Crippen LogP contribution in [-0.2, 0) is 5.75 Å². The summed E-state index contributed by atoms with van der Waals surface area (Å²) in [6, 6.07) is 7.89. The van der Waals surface area contributed by atoms with Gasteiger partial charge in [-0.15, -0.1) is 0 Å². The van der Waals surface area contributed by atoms with Crippen molar-refractivity contribution in [1.82, 2.24) is 0 Å². The number of hydrogen-bond donors (Lipinski definition) is 1. The molecule has 0 aromatic heterocycles. The highest BCUT2D eigenvalue weighted by atomic mass is 79.9. The average molecular weight is 219 g/mol. The maximum absolute atomic E-state index is 8.49. The maximum atomic E-state index is 8.49. The van der Waals surface area contributed by atoms with Gasteiger partial charge in [-0.2, -0.15) is 0 Å². The Labute approximate surface area is 72.8 Å². The molecule has 0 radical (unpaired) electrons. The molecule has 1 rings (SSSR count). The largest absolute Gasteiger partial charge is 0.330 e. The van der Waals surface area contributed by atoms with Crippen LogP contribution < -0.4 is 0 Å². The molecule has 54 valence electrons. The Hall–Kier alpha value is 0.01000. The fraction of sp³-hybridized carbons (Fsp3) is 0.143. The second kappa shape index (κ2) is 4.01. The summed E-state index contributed by atoms with van der Waals surface area (Å²) in [4.78, 5) is 0. The molecule has 0 bridgehead atoms. The van der Waals surface area contributed by atoms with Crippen LogP contribution in [0.25, 0.3) is 0 Å². The van der Waals surface area contributed by atoms with Gasteiger partial charge in [-0.25, -0.2) is 0 Å². The summed E-state index contributed by atoms with van der Waals surface area (Å²) in [5.41, 5.74) is 1.13. The Morgan fingerprint density at radius 1 is 1.30 bits per heavy atom. The minimum Gasteiger partial charge on any atom is -0.330 e. The Balaban J connectivity index is 2.69. The van der Waals surface area contributed by atoms with Crippen molar-refractivity contribution in [1.29, 1.82) is 0 Å². The van der Waals surface area contributed by atoms with E-state index in [1.54, 1.807) is 0 Å². The second-order valence-electron chi connectivity index (χ2n) is 1.90. The highest BCUT2D eigenvalue weighted by Gasteiger charge is 1.90. The van der Waals surface area contributed by atoms with Crippen molar-refractivity contribution in [2.24, 2.45) is 0 Å². The third-order valence-electron chi connectivity index (χ3n) is 1.14. The van der Waals surface area contributed by atoms with Crippen molar-refractivity contribution in [3.63, 3.8) is 0 Å². The van der Waals surface area contributed by atoms with E-state index in [1.165, 1.54) is 0 Å². The Kier molecular flexibility index (Phi) is 3.25. The van der Waals surface area contributed by atoms with Gasteiger partial charge in [-0.05, 0) is 29.7 Å². The first-order valence-electron chi connectivity index (χ1n) is 2.84. The zero-order valence-corrected chi connectivity index (χ0v) is 7.65. The van der Waals surface area contributed by atoms with Gasteiger partial charge in [0.05, 0.1) is 0 Å². The quantitative estimate of drug-likeness (QED) is 0.771. The van der Waals surface area contributed by atoms with Crippen molar-refractivity contribution < 1.29 is 4.55 Å². The Morgan fingerprint density at radius 3 is 2.40 bits per heavy atom. The summed E-state index contributed by atoms with van der Waals surface area (Å²) < 4.78 is 9.56. The van der Waals surface area contributed by atoms with Gasteiger partial charge in [0, 0.05) is 10.2 Å². The zero-order chi connectivity index (χ0) is 7.40. The number of hydrogen-bond acceptors (Lipinski definition) is 2. The third-order valence-corrected chi connectivity index (χ3v) is 2.14. The van der Waals surface area contributed by atoms with Gasteiger partial charge in [0.15, 0.2) is 0 Å². The fourth-order valence-corrected chi connectivity index (χ4v) is 1.26. The first kappa shape index (κ1) is 8.11. The lowest BCUT2D eigenvalue weighted by molar-refractivity contribution is 0.663. The first-order valence-corrected chi connectivity index (χ1v) is 4.57. The SMILES string of the molecule is OSCc1ccc(Br)cc1. The third kappa shape index (κ3) is 2.33. The van der Waals surface area contributed by atoms with E-state index in [0.717, 1.165) is 22.1 Å². The van der Waals surface area contributed by atoms with E-state index in [0.29, 0.717) is 5.75 Å². The van der Waals surface area contributed by atoms with Crippen molar-refractivity contribution in [2.45, 2.75) is 5.75 Å². The molecule has 0 saturated heterocycles. The molecule has 10 heavy (non-hydrogen) atoms. The maximum Gasteiger partial charge on any atom is 0.0446 e. The van der Waals surface area contributed by atoms with Gasteiger partial charge in [-0.3, -0.25) is 0 Å². The molecule has 0 aliphatic heterocycles. The van der Waals surface area contributed by atoms with Crippen LogP contribution in [0.5, 0.6) is 0 Å². The molecule has 0 fully saturated rings. The molecule has 1 aromatic rings. The molecule has 1 aromatic carbocycles. The topological polar surface area (TPSA) is 20.2 Å². The van der Waals surface area contributed by atoms with Crippen LogP contribution in [0.15, 0.2) is 28.7 Å². The molecular weight excluding hydrogens is 212 g/mol. The summed E-state index contributed by atoms with van der Waals surface area (Å²) in [5.74, 6) is 0.660. The first-order chi connectivity index (χ1) is 4.83. The van der Waals surface area contributed by atoms with Gasteiger partial charge in [-0.1, -0.05) is 28.1 Å². The molecule has 3 heteroatoms. The highest BCUT2D eigenvalue weighted by molar-refractivity contribution is 9.10. The number of halogens is 1. The lowest BCUT2D eigenvalue weighted by atomic mass is 10.2. The van der Waals surface area contributed by atoms with E-state index >= 15 is 0 Å². The van der Waals surface area contributed by atoms with Crippen LogP contribution in [0.2, 0.25) is 0 Å². The molecule has 0 spiro atoms. The van der Waals surface area contributed by atoms with Crippen molar-refractivity contribution in [3.8, 4) is 0 Å². The van der Waals surface area contributed by atoms with E-state index in [2.05, 4.69) is 15.9 Å². The monoisotopic (exact) mass is 218 g/mol. The molecule has 0 atom stereocenters. The van der Waals surface area contributed by atoms with E-state index in [1.807, 2.05) is 24.3 Å². The van der Waals surface area contributed by atoms with E-state index in [9.17, 15) is 0 Å².